The molecule has 0 rings (SSSR count). The van der Waals surface area contributed by atoms with Crippen molar-refractivity contribution in [1.82, 2.24) is 0 Å². The van der Waals surface area contributed by atoms with Gasteiger partial charge in [-0.15, -0.1) is 22.2 Å². The third-order valence-electron chi connectivity index (χ3n) is 1.00. The molecular weight excluding hydrogens is 163 g/mol. The summed E-state index contributed by atoms with van der Waals surface area (Å²) in [6.07, 6.45) is 0.798. The topological polar surface area (TPSA) is 17.1 Å². The van der Waals surface area contributed by atoms with Crippen LogP contribution in [0.15, 0.2) is 0 Å². The van der Waals surface area contributed by atoms with E-state index in [9.17, 15) is 4.79 Å². The van der Waals surface area contributed by atoms with Crippen LogP contribution in [0.4, 0.5) is 0 Å². The van der Waals surface area contributed by atoms with E-state index >= 15 is 0 Å². The molecule has 0 amide bonds. The highest BCUT2D eigenvalue weighted by Gasteiger charge is 2.28. The average molecular weight is 171 g/mol. The number of carbonyl (C=O) groups excluding carboxylic acids is 1. The van der Waals surface area contributed by atoms with E-state index in [1.807, 2.05) is 0 Å². The lowest BCUT2D eigenvalue weighted by Crippen LogP contribution is -2.20. The Kier molecular flexibility index (Phi) is 3.02. The summed E-state index contributed by atoms with van der Waals surface area (Å²) >= 11 is 11.3. The van der Waals surface area contributed by atoms with Crippen molar-refractivity contribution in [2.24, 2.45) is 0 Å². The van der Waals surface area contributed by atoms with Crippen LogP contribution in [0, 0.1) is 0 Å². The molecule has 0 fully saturated rings. The fraction of sp³-hybridized carbons (Fsp3) is 0.750. The molecule has 0 aromatic carbocycles. The van der Waals surface area contributed by atoms with Gasteiger partial charge in [-0.25, -0.2) is 0 Å². The molecule has 0 bridgehead atoms. The van der Waals surface area contributed by atoms with Crippen LogP contribution in [-0.2, 0) is 4.79 Å². The van der Waals surface area contributed by atoms with Crippen molar-refractivity contribution in [3.05, 3.63) is 0 Å². The molecule has 0 spiro atoms. The Labute approximate surface area is 59.4 Å². The zero-order chi connectivity index (χ0) is 6.78. The molecule has 0 saturated heterocycles. The van der Waals surface area contributed by atoms with Gasteiger partial charge in [0.2, 0.25) is 0 Å². The minimum atomic E-state index is -2.18. The Morgan fingerprint density at radius 2 is 2.00 bits per heavy atom. The van der Waals surface area contributed by atoms with Crippen LogP contribution in [0.2, 0.25) is 12.1 Å². The van der Waals surface area contributed by atoms with E-state index in [0.717, 1.165) is 6.29 Å². The summed E-state index contributed by atoms with van der Waals surface area (Å²) in [7, 11) is 0. The molecule has 0 heterocycles. The minimum Gasteiger partial charge on any atom is -0.303 e. The highest BCUT2D eigenvalue weighted by atomic mass is 35.7. The molecule has 1 nitrogen and oxygen atoms in total. The van der Waals surface area contributed by atoms with E-state index in [2.05, 4.69) is 0 Å². The van der Waals surface area contributed by atoms with Gasteiger partial charge in [0.1, 0.15) is 6.29 Å². The summed E-state index contributed by atoms with van der Waals surface area (Å²) in [6.45, 7) is 1.28. The third kappa shape index (κ3) is 2.70. The number of hydrogen-bond acceptors (Lipinski definition) is 1. The Hall–Kier alpha value is 0.467. The summed E-state index contributed by atoms with van der Waals surface area (Å²) < 4.78 is 0. The van der Waals surface area contributed by atoms with Gasteiger partial charge >= 0.3 is 0 Å². The second-order valence-electron chi connectivity index (χ2n) is 1.88. The molecule has 4 heteroatoms. The van der Waals surface area contributed by atoms with Crippen molar-refractivity contribution in [3.8, 4) is 0 Å². The van der Waals surface area contributed by atoms with E-state index in [4.69, 9.17) is 22.2 Å². The fourth-order valence-electron chi connectivity index (χ4n) is 0.119. The largest absolute Gasteiger partial charge is 0.303 e. The number of rotatable bonds is 2. The quantitative estimate of drug-likeness (QED) is 0.353. The lowest BCUT2D eigenvalue weighted by Gasteiger charge is -2.11. The van der Waals surface area contributed by atoms with Crippen molar-refractivity contribution < 1.29 is 4.79 Å². The number of aldehydes is 1. The van der Waals surface area contributed by atoms with Gasteiger partial charge in [-0.05, 0) is 6.55 Å². The van der Waals surface area contributed by atoms with Gasteiger partial charge < -0.3 is 4.79 Å². The van der Waals surface area contributed by atoms with E-state index < -0.39 is 6.69 Å². The van der Waals surface area contributed by atoms with Crippen LogP contribution in [0.25, 0.3) is 0 Å². The molecule has 48 valence electrons. The predicted octanol–water partition coefficient (Wildman–Crippen LogP) is 2.12. The molecule has 0 radical (unpaired) electrons. The molecule has 0 N–H and O–H groups in total. The monoisotopic (exact) mass is 170 g/mol. The summed E-state index contributed by atoms with van der Waals surface area (Å²) in [4.78, 5) is 10.0. The second kappa shape index (κ2) is 2.85. The van der Waals surface area contributed by atoms with Gasteiger partial charge in [0, 0.05) is 5.54 Å². The van der Waals surface area contributed by atoms with Crippen LogP contribution < -0.4 is 0 Å². The van der Waals surface area contributed by atoms with E-state index in [1.165, 1.54) is 0 Å². The Morgan fingerprint density at radius 3 is 2.00 bits per heavy atom. The van der Waals surface area contributed by atoms with Gasteiger partial charge in [-0.1, -0.05) is 6.92 Å². The number of hydrogen-bond donors (Lipinski definition) is 0. The van der Waals surface area contributed by atoms with Crippen LogP contribution in [-0.4, -0.2) is 13.0 Å². The zero-order valence-electron chi connectivity index (χ0n) is 4.82. The van der Waals surface area contributed by atoms with Crippen molar-refractivity contribution in [2.75, 3.05) is 0 Å². The molecular formula is C4H8Cl2OSi. The summed E-state index contributed by atoms with van der Waals surface area (Å²) in [5.41, 5.74) is -0.161. The van der Waals surface area contributed by atoms with Gasteiger partial charge in [0.05, 0.1) is 0 Å². The SMILES string of the molecule is CC(C=O)[Si](C)(Cl)Cl. The number of halogens is 2. The Bertz CT molecular complexity index is 88.5. The van der Waals surface area contributed by atoms with Gasteiger partial charge in [-0.2, -0.15) is 0 Å². The molecule has 8 heavy (non-hydrogen) atoms. The van der Waals surface area contributed by atoms with E-state index in [-0.39, 0.29) is 5.54 Å². The van der Waals surface area contributed by atoms with E-state index in [0.29, 0.717) is 0 Å². The van der Waals surface area contributed by atoms with Gasteiger partial charge in [-0.3, -0.25) is 0 Å². The normalized spacial score (nSPS) is 15.5. The van der Waals surface area contributed by atoms with E-state index in [1.54, 1.807) is 13.5 Å². The predicted molar refractivity (Wildman–Crippen MR) is 38.8 cm³/mol. The zero-order valence-corrected chi connectivity index (χ0v) is 7.33. The molecule has 1 unspecified atom stereocenters. The lowest BCUT2D eigenvalue weighted by atomic mass is 10.5. The molecule has 0 aromatic heterocycles. The highest BCUT2D eigenvalue weighted by Crippen LogP contribution is 2.26. The Morgan fingerprint density at radius 1 is 1.62 bits per heavy atom. The molecule has 0 aliphatic rings. The first-order valence-corrected chi connectivity index (χ1v) is 6.91. The third-order valence-corrected chi connectivity index (χ3v) is 4.80. The van der Waals surface area contributed by atoms with Gasteiger partial charge in [0.25, 0.3) is 6.69 Å². The maximum atomic E-state index is 10.0. The molecule has 0 aromatic rings. The maximum Gasteiger partial charge on any atom is 0.257 e. The summed E-state index contributed by atoms with van der Waals surface area (Å²) in [6, 6.07) is 0. The summed E-state index contributed by atoms with van der Waals surface area (Å²) in [5.74, 6) is 0. The van der Waals surface area contributed by atoms with Crippen molar-refractivity contribution >= 4 is 35.1 Å². The number of carbonyl (C=O) groups is 1. The lowest BCUT2D eigenvalue weighted by molar-refractivity contribution is -0.107. The molecule has 1 atom stereocenters. The second-order valence-corrected chi connectivity index (χ2v) is 10.00. The van der Waals surface area contributed by atoms with Crippen molar-refractivity contribution in [2.45, 2.75) is 19.0 Å². The smallest absolute Gasteiger partial charge is 0.257 e. The van der Waals surface area contributed by atoms with Crippen LogP contribution in [0.3, 0.4) is 0 Å². The maximum absolute atomic E-state index is 10.0. The summed E-state index contributed by atoms with van der Waals surface area (Å²) in [5, 5.41) is 0. The first-order valence-electron chi connectivity index (χ1n) is 2.31. The van der Waals surface area contributed by atoms with Crippen LogP contribution in [0.5, 0.6) is 0 Å². The molecule has 0 saturated carbocycles. The van der Waals surface area contributed by atoms with Crippen molar-refractivity contribution in [1.29, 1.82) is 0 Å². The molecule has 0 aliphatic carbocycles. The van der Waals surface area contributed by atoms with Gasteiger partial charge in [0.15, 0.2) is 0 Å². The average Bonchev–Trinajstić information content (AvgIpc) is 1.62. The first-order chi connectivity index (χ1) is 3.48. The first kappa shape index (κ1) is 8.47. The van der Waals surface area contributed by atoms with Crippen LogP contribution >= 0.6 is 22.2 Å². The standard InChI is InChI=1S/C4H8Cl2OSi/c1-4(3-7)8(2,5)6/h3-4H,1-2H3. The Balaban J connectivity index is 3.80. The molecule has 0 aliphatic heterocycles. The fourth-order valence-corrected chi connectivity index (χ4v) is 0.667. The minimum absolute atomic E-state index is 0.161. The van der Waals surface area contributed by atoms with Crippen molar-refractivity contribution in [3.63, 3.8) is 0 Å². The van der Waals surface area contributed by atoms with Crippen LogP contribution in [0.1, 0.15) is 6.92 Å². The highest BCUT2D eigenvalue weighted by molar-refractivity contribution is 7.46.